The minimum atomic E-state index is -1.44. The van der Waals surface area contributed by atoms with E-state index in [-0.39, 0.29) is 31.1 Å². The van der Waals surface area contributed by atoms with Crippen molar-refractivity contribution >= 4 is 17.1 Å². The molecular weight excluding hydrogens is 483 g/mol. The smallest absolute Gasteiger partial charge is 0.324 e. The molecule has 1 heterocycles. The van der Waals surface area contributed by atoms with Gasteiger partial charge >= 0.3 is 11.1 Å². The zero-order valence-electron chi connectivity index (χ0n) is 20.8. The van der Waals surface area contributed by atoms with Gasteiger partial charge in [0.15, 0.2) is 0 Å². The van der Waals surface area contributed by atoms with Gasteiger partial charge in [0.05, 0.1) is 37.1 Å². The number of benzene rings is 2. The van der Waals surface area contributed by atoms with Gasteiger partial charge in [0.1, 0.15) is 11.6 Å². The molecule has 0 spiro atoms. The summed E-state index contributed by atoms with van der Waals surface area (Å²) in [5.74, 6) is -0.613. The second kappa shape index (κ2) is 13.0. The van der Waals surface area contributed by atoms with Crippen LogP contribution in [0.2, 0.25) is 0 Å². The summed E-state index contributed by atoms with van der Waals surface area (Å²) in [6.45, 7) is 3.94. The molecule has 0 fully saturated rings. The van der Waals surface area contributed by atoms with Crippen LogP contribution in [-0.4, -0.2) is 49.6 Å². The van der Waals surface area contributed by atoms with Crippen LogP contribution < -0.4 is 0 Å². The minimum absolute atomic E-state index is 0.0175. The largest absolute Gasteiger partial charge is 0.609 e. The number of aromatic nitrogens is 2. The Bertz CT molecular complexity index is 1120. The maximum atomic E-state index is 13.6. The molecular formula is C27H33FN2O5S. The Labute approximate surface area is 214 Å². The molecule has 0 aliphatic heterocycles. The van der Waals surface area contributed by atoms with E-state index in [9.17, 15) is 24.0 Å². The molecule has 1 aromatic heterocycles. The summed E-state index contributed by atoms with van der Waals surface area (Å²) < 4.78 is 33.6. The number of hydrogen-bond donors (Lipinski definition) is 2. The van der Waals surface area contributed by atoms with Crippen molar-refractivity contribution in [1.29, 1.82) is 0 Å². The summed E-state index contributed by atoms with van der Waals surface area (Å²) in [5, 5.41) is 21.1. The van der Waals surface area contributed by atoms with E-state index in [4.69, 9.17) is 4.98 Å². The van der Waals surface area contributed by atoms with Gasteiger partial charge in [-0.1, -0.05) is 30.3 Å². The molecule has 0 bridgehead atoms. The summed E-state index contributed by atoms with van der Waals surface area (Å²) in [6.07, 6.45) is -1.40. The number of halogens is 1. The number of methoxy groups -OCH3 is 1. The minimum Gasteiger partial charge on any atom is -0.609 e. The molecule has 3 aromatic rings. The normalized spacial score (nSPS) is 14.0. The molecule has 3 atom stereocenters. The van der Waals surface area contributed by atoms with Gasteiger partial charge in [-0.05, 0) is 57.4 Å². The van der Waals surface area contributed by atoms with Gasteiger partial charge in [0.2, 0.25) is 0 Å². The molecule has 194 valence electrons. The monoisotopic (exact) mass is 516 g/mol. The van der Waals surface area contributed by atoms with E-state index in [1.165, 1.54) is 19.2 Å². The van der Waals surface area contributed by atoms with Crippen molar-refractivity contribution in [2.45, 2.75) is 68.7 Å². The van der Waals surface area contributed by atoms with E-state index in [2.05, 4.69) is 4.74 Å². The van der Waals surface area contributed by atoms with Crippen molar-refractivity contribution in [1.82, 2.24) is 9.55 Å². The van der Waals surface area contributed by atoms with Crippen LogP contribution in [0.3, 0.4) is 0 Å². The van der Waals surface area contributed by atoms with E-state index in [0.717, 1.165) is 11.3 Å². The summed E-state index contributed by atoms with van der Waals surface area (Å²) in [4.78, 5) is 16.2. The lowest BCUT2D eigenvalue weighted by Crippen LogP contribution is -2.22. The first-order valence-electron chi connectivity index (χ1n) is 11.9. The maximum absolute atomic E-state index is 13.6. The van der Waals surface area contributed by atoms with Crippen LogP contribution in [0, 0.1) is 5.82 Å². The quantitative estimate of drug-likeness (QED) is 0.276. The molecule has 0 aliphatic rings. The first-order chi connectivity index (χ1) is 17.2. The topological polar surface area (TPSA) is 108 Å². The third-order valence-corrected chi connectivity index (χ3v) is 7.14. The highest BCUT2D eigenvalue weighted by molar-refractivity contribution is 7.90. The Morgan fingerprint density at radius 3 is 2.39 bits per heavy atom. The lowest BCUT2D eigenvalue weighted by Gasteiger charge is -2.19. The molecule has 0 amide bonds. The van der Waals surface area contributed by atoms with Crippen molar-refractivity contribution in [3.8, 4) is 11.3 Å². The fourth-order valence-corrected chi connectivity index (χ4v) is 5.46. The Kier molecular flexibility index (Phi) is 10.1. The number of aliphatic hydroxyl groups is 2. The van der Waals surface area contributed by atoms with Gasteiger partial charge in [-0.3, -0.25) is 9.36 Å². The Morgan fingerprint density at radius 1 is 1.11 bits per heavy atom. The summed E-state index contributed by atoms with van der Waals surface area (Å²) >= 11 is -1.44. The number of hydrogen-bond acceptors (Lipinski definition) is 6. The molecule has 0 saturated heterocycles. The molecule has 1 unspecified atom stereocenters. The van der Waals surface area contributed by atoms with Crippen molar-refractivity contribution in [2.24, 2.45) is 0 Å². The van der Waals surface area contributed by atoms with Crippen LogP contribution in [0.5, 0.6) is 0 Å². The molecule has 7 nitrogen and oxygen atoms in total. The predicted molar refractivity (Wildman–Crippen MR) is 136 cm³/mol. The van der Waals surface area contributed by atoms with Crippen molar-refractivity contribution in [3.05, 3.63) is 71.7 Å². The second-order valence-corrected chi connectivity index (χ2v) is 10.3. The third kappa shape index (κ3) is 7.39. The van der Waals surface area contributed by atoms with Crippen molar-refractivity contribution in [3.63, 3.8) is 0 Å². The fraction of sp³-hybridized carbons (Fsp3) is 0.407. The Balaban J connectivity index is 1.91. The molecule has 0 aliphatic carbocycles. The van der Waals surface area contributed by atoms with Crippen LogP contribution in [0.15, 0.2) is 59.8 Å². The van der Waals surface area contributed by atoms with Gasteiger partial charge in [0.25, 0.3) is 0 Å². The van der Waals surface area contributed by atoms with E-state index >= 15 is 0 Å². The molecule has 2 aromatic carbocycles. The van der Waals surface area contributed by atoms with Crippen LogP contribution in [-0.2, 0) is 32.9 Å². The predicted octanol–water partition coefficient (Wildman–Crippen LogP) is 4.19. The van der Waals surface area contributed by atoms with Crippen LogP contribution in [0.1, 0.15) is 50.4 Å². The van der Waals surface area contributed by atoms with E-state index in [1.54, 1.807) is 12.1 Å². The standard InChI is InChI=1S/C27H33FN2O5S/c1-18(2)30-24(14-13-22(31)15-23(32)16-25(33)35-3)26(20-9-11-21(28)12-10-20)29-27(30)36(34)17-19-7-5-4-6-8-19/h4-12,18,22-23,31-32H,13-17H2,1-3H3/t22-,23-,36?/m1/s1. The van der Waals surface area contributed by atoms with Gasteiger partial charge in [-0.25, -0.2) is 4.39 Å². The highest BCUT2D eigenvalue weighted by Gasteiger charge is 2.29. The summed E-state index contributed by atoms with van der Waals surface area (Å²) in [5.41, 5.74) is 2.97. The average molecular weight is 517 g/mol. The van der Waals surface area contributed by atoms with E-state index in [1.807, 2.05) is 48.7 Å². The lowest BCUT2D eigenvalue weighted by atomic mass is 10.0. The molecule has 2 N–H and O–H groups in total. The lowest BCUT2D eigenvalue weighted by molar-refractivity contribution is -0.143. The SMILES string of the molecule is COC(=O)C[C@H](O)C[C@H](O)CCc1c(-c2ccc(F)cc2)nc([S+]([O-])Cc2ccccc2)n1C(C)C. The third-order valence-electron chi connectivity index (χ3n) is 5.84. The summed E-state index contributed by atoms with van der Waals surface area (Å²) in [7, 11) is 1.24. The number of esters is 1. The van der Waals surface area contributed by atoms with E-state index in [0.29, 0.717) is 28.6 Å². The first kappa shape index (κ1) is 27.9. The summed E-state index contributed by atoms with van der Waals surface area (Å²) in [6, 6.07) is 15.4. The molecule has 0 radical (unpaired) electrons. The number of carbonyl (C=O) groups excluding carboxylic acids is 1. The average Bonchev–Trinajstić information content (AvgIpc) is 3.23. The molecule has 3 rings (SSSR count). The van der Waals surface area contributed by atoms with Gasteiger partial charge in [-0.2, -0.15) is 4.98 Å². The van der Waals surface area contributed by atoms with Gasteiger partial charge < -0.3 is 19.5 Å². The number of ether oxygens (including phenoxy) is 1. The Hall–Kier alpha value is -2.72. The van der Waals surface area contributed by atoms with Crippen LogP contribution >= 0.6 is 0 Å². The van der Waals surface area contributed by atoms with Gasteiger partial charge in [0, 0.05) is 28.3 Å². The van der Waals surface area contributed by atoms with Crippen LogP contribution in [0.4, 0.5) is 4.39 Å². The molecule has 0 saturated carbocycles. The highest BCUT2D eigenvalue weighted by Crippen LogP contribution is 2.32. The number of aliphatic hydroxyl groups excluding tert-OH is 2. The molecule has 9 heteroatoms. The number of carbonyl (C=O) groups is 1. The highest BCUT2D eigenvalue weighted by atomic mass is 32.2. The second-order valence-electron chi connectivity index (χ2n) is 9.00. The zero-order valence-corrected chi connectivity index (χ0v) is 21.6. The van der Waals surface area contributed by atoms with Crippen molar-refractivity contribution in [2.75, 3.05) is 7.11 Å². The number of nitrogens with zero attached hydrogens (tertiary/aromatic N) is 2. The van der Waals surface area contributed by atoms with Gasteiger partial charge in [-0.15, -0.1) is 0 Å². The maximum Gasteiger partial charge on any atom is 0.324 e. The first-order valence-corrected chi connectivity index (χ1v) is 13.2. The Morgan fingerprint density at radius 2 is 1.78 bits per heavy atom. The number of imidazole rings is 1. The van der Waals surface area contributed by atoms with E-state index < -0.39 is 29.4 Å². The zero-order chi connectivity index (χ0) is 26.2. The number of rotatable bonds is 12. The van der Waals surface area contributed by atoms with Crippen LogP contribution in [0.25, 0.3) is 11.3 Å². The van der Waals surface area contributed by atoms with Crippen molar-refractivity contribution < 1.29 is 28.7 Å². The molecule has 36 heavy (non-hydrogen) atoms. The fourth-order valence-electron chi connectivity index (χ4n) is 4.10.